The molecule has 2 aromatic carbocycles. The van der Waals surface area contributed by atoms with E-state index in [1.807, 2.05) is 29.0 Å². The van der Waals surface area contributed by atoms with E-state index in [0.29, 0.717) is 54.8 Å². The Labute approximate surface area is 215 Å². The maximum Gasteiger partial charge on any atom is 0.573 e. The van der Waals surface area contributed by atoms with Crippen molar-refractivity contribution in [3.8, 4) is 5.75 Å². The van der Waals surface area contributed by atoms with Crippen LogP contribution in [-0.2, 0) is 24.5 Å². The summed E-state index contributed by atoms with van der Waals surface area (Å²) in [6.07, 6.45) is -4.11. The largest absolute Gasteiger partial charge is 0.573 e. The number of nitrogens with zero attached hydrogens (tertiary/aromatic N) is 2. The van der Waals surface area contributed by atoms with Crippen LogP contribution in [0.15, 0.2) is 58.9 Å². The van der Waals surface area contributed by atoms with Gasteiger partial charge in [0.2, 0.25) is 0 Å². The molecular formula is C24H26ClF3N4O3S. The van der Waals surface area contributed by atoms with Crippen molar-refractivity contribution in [2.24, 2.45) is 4.99 Å². The van der Waals surface area contributed by atoms with Gasteiger partial charge >= 0.3 is 12.4 Å². The summed E-state index contributed by atoms with van der Waals surface area (Å²) in [6, 6.07) is 12.5. The van der Waals surface area contributed by atoms with E-state index in [4.69, 9.17) is 16.3 Å². The van der Waals surface area contributed by atoms with E-state index >= 15 is 0 Å². The Balaban J connectivity index is 1.72. The van der Waals surface area contributed by atoms with Crippen molar-refractivity contribution < 1.29 is 27.4 Å². The predicted octanol–water partition coefficient (Wildman–Crippen LogP) is 5.76. The number of carbonyl (C=O) groups is 1. The van der Waals surface area contributed by atoms with E-state index in [2.05, 4.69) is 20.4 Å². The molecule has 0 aliphatic heterocycles. The van der Waals surface area contributed by atoms with Crippen LogP contribution in [0, 0.1) is 0 Å². The van der Waals surface area contributed by atoms with Crippen molar-refractivity contribution in [1.82, 2.24) is 15.2 Å². The Morgan fingerprint density at radius 3 is 2.47 bits per heavy atom. The standard InChI is InChI=1S/C24H26ClF3N4O3S/c1-2-29-22(33)30-12-3-13-32-20(15-34-14-17-4-6-18(25)7-5-17)16-36-23(32)31-19-8-10-21(11-9-19)35-24(26,27)28/h4-11,16H,2-3,12-15H2,1H3,(H2,29,30,33)/b31-23-. The first-order valence-electron chi connectivity index (χ1n) is 11.1. The molecule has 0 saturated heterocycles. The van der Waals surface area contributed by atoms with E-state index in [1.165, 1.54) is 35.6 Å². The lowest BCUT2D eigenvalue weighted by molar-refractivity contribution is -0.274. The third-order valence-electron chi connectivity index (χ3n) is 4.79. The van der Waals surface area contributed by atoms with Crippen LogP contribution in [0.2, 0.25) is 5.02 Å². The molecule has 36 heavy (non-hydrogen) atoms. The first-order chi connectivity index (χ1) is 17.2. The molecule has 0 fully saturated rings. The van der Waals surface area contributed by atoms with E-state index in [1.54, 1.807) is 12.1 Å². The number of alkyl halides is 3. The molecule has 0 saturated carbocycles. The average Bonchev–Trinajstić information content (AvgIpc) is 3.19. The lowest BCUT2D eigenvalue weighted by Crippen LogP contribution is -2.36. The van der Waals surface area contributed by atoms with Gasteiger partial charge in [0.15, 0.2) is 4.80 Å². The zero-order valence-electron chi connectivity index (χ0n) is 19.5. The number of hydrogen-bond acceptors (Lipinski definition) is 5. The third-order valence-corrected chi connectivity index (χ3v) is 5.95. The lowest BCUT2D eigenvalue weighted by atomic mass is 10.2. The molecule has 0 unspecified atom stereocenters. The molecule has 12 heteroatoms. The average molecular weight is 543 g/mol. The van der Waals surface area contributed by atoms with Gasteiger partial charge in [0, 0.05) is 30.0 Å². The van der Waals surface area contributed by atoms with Gasteiger partial charge in [-0.3, -0.25) is 0 Å². The topological polar surface area (TPSA) is 76.9 Å². The molecule has 3 rings (SSSR count). The van der Waals surface area contributed by atoms with Crippen molar-refractivity contribution in [1.29, 1.82) is 0 Å². The number of ether oxygens (including phenoxy) is 2. The van der Waals surface area contributed by atoms with Crippen molar-refractivity contribution in [3.63, 3.8) is 0 Å². The molecule has 7 nitrogen and oxygen atoms in total. The molecule has 1 aromatic heterocycles. The summed E-state index contributed by atoms with van der Waals surface area (Å²) in [7, 11) is 0. The van der Waals surface area contributed by atoms with Crippen LogP contribution in [-0.4, -0.2) is 30.1 Å². The number of benzene rings is 2. The molecule has 0 radical (unpaired) electrons. The Bertz CT molecular complexity index is 1180. The third kappa shape index (κ3) is 9.21. The van der Waals surface area contributed by atoms with Crippen molar-refractivity contribution in [2.45, 2.75) is 39.5 Å². The number of halogens is 4. The van der Waals surface area contributed by atoms with Crippen LogP contribution in [0.4, 0.5) is 23.7 Å². The molecule has 3 aromatic rings. The first-order valence-corrected chi connectivity index (χ1v) is 12.4. The fraction of sp³-hybridized carbons (Fsp3) is 0.333. The van der Waals surface area contributed by atoms with Crippen molar-refractivity contribution >= 4 is 34.7 Å². The second-order valence-electron chi connectivity index (χ2n) is 7.57. The Morgan fingerprint density at radius 2 is 1.81 bits per heavy atom. The number of hydrogen-bond donors (Lipinski definition) is 2. The van der Waals surface area contributed by atoms with Crippen LogP contribution in [0.1, 0.15) is 24.6 Å². The van der Waals surface area contributed by atoms with Gasteiger partial charge in [0.1, 0.15) is 5.75 Å². The minimum atomic E-state index is -4.75. The summed E-state index contributed by atoms with van der Waals surface area (Å²) >= 11 is 7.32. The number of nitrogens with one attached hydrogen (secondary N) is 2. The van der Waals surface area contributed by atoms with E-state index < -0.39 is 6.36 Å². The number of amides is 2. The monoisotopic (exact) mass is 542 g/mol. The van der Waals surface area contributed by atoms with Crippen LogP contribution in [0.25, 0.3) is 0 Å². The van der Waals surface area contributed by atoms with Gasteiger partial charge in [0.25, 0.3) is 0 Å². The van der Waals surface area contributed by atoms with Crippen molar-refractivity contribution in [2.75, 3.05) is 13.1 Å². The van der Waals surface area contributed by atoms with Crippen molar-refractivity contribution in [3.05, 3.63) is 75.0 Å². The van der Waals surface area contributed by atoms with Gasteiger partial charge in [-0.15, -0.1) is 24.5 Å². The first kappa shape index (κ1) is 27.6. The molecule has 0 spiro atoms. The number of carbonyl (C=O) groups excluding carboxylic acids is 1. The van der Waals surface area contributed by atoms with Crippen LogP contribution >= 0.6 is 22.9 Å². The molecule has 0 aliphatic rings. The molecular weight excluding hydrogens is 517 g/mol. The summed E-state index contributed by atoms with van der Waals surface area (Å²) in [6.45, 7) is 4.13. The lowest BCUT2D eigenvalue weighted by Gasteiger charge is -2.11. The molecule has 2 amide bonds. The SMILES string of the molecule is CCNC(=O)NCCCn1c(COCc2ccc(Cl)cc2)cs/c1=N\c1ccc(OC(F)(F)F)cc1. The maximum absolute atomic E-state index is 12.4. The highest BCUT2D eigenvalue weighted by atomic mass is 35.5. The predicted molar refractivity (Wildman–Crippen MR) is 132 cm³/mol. The highest BCUT2D eigenvalue weighted by Crippen LogP contribution is 2.25. The summed E-state index contributed by atoms with van der Waals surface area (Å²) in [5.74, 6) is -0.312. The highest BCUT2D eigenvalue weighted by Gasteiger charge is 2.30. The molecule has 0 bridgehead atoms. The summed E-state index contributed by atoms with van der Waals surface area (Å²) in [5, 5.41) is 8.05. The second-order valence-corrected chi connectivity index (χ2v) is 8.85. The molecule has 0 aliphatic carbocycles. The zero-order chi connectivity index (χ0) is 26.0. The van der Waals surface area contributed by atoms with Crippen LogP contribution < -0.4 is 20.2 Å². The van der Waals surface area contributed by atoms with Gasteiger partial charge in [0.05, 0.1) is 24.6 Å². The molecule has 2 N–H and O–H groups in total. The van der Waals surface area contributed by atoms with Crippen LogP contribution in [0.3, 0.4) is 0 Å². The number of rotatable bonds is 11. The van der Waals surface area contributed by atoms with Gasteiger partial charge < -0.3 is 24.7 Å². The second kappa shape index (κ2) is 13.3. The summed E-state index contributed by atoms with van der Waals surface area (Å²) in [5.41, 5.74) is 2.36. The normalized spacial score (nSPS) is 12.0. The molecule has 0 atom stereocenters. The van der Waals surface area contributed by atoms with E-state index in [9.17, 15) is 18.0 Å². The summed E-state index contributed by atoms with van der Waals surface area (Å²) in [4.78, 5) is 16.9. The van der Waals surface area contributed by atoms with Gasteiger partial charge in [-0.1, -0.05) is 23.7 Å². The smallest absolute Gasteiger partial charge is 0.406 e. The van der Waals surface area contributed by atoms with Gasteiger partial charge in [-0.25, -0.2) is 9.79 Å². The van der Waals surface area contributed by atoms with Gasteiger partial charge in [-0.2, -0.15) is 0 Å². The Morgan fingerprint density at radius 1 is 1.08 bits per heavy atom. The Hall–Kier alpha value is -3.02. The molecule has 194 valence electrons. The van der Waals surface area contributed by atoms with Gasteiger partial charge in [-0.05, 0) is 55.3 Å². The summed E-state index contributed by atoms with van der Waals surface area (Å²) < 4.78 is 49.0. The number of aromatic nitrogens is 1. The minimum absolute atomic E-state index is 0.231. The minimum Gasteiger partial charge on any atom is -0.406 e. The fourth-order valence-corrected chi connectivity index (χ4v) is 4.21. The quantitative estimate of drug-likeness (QED) is 0.302. The number of thiazole rings is 1. The number of urea groups is 1. The maximum atomic E-state index is 12.4. The highest BCUT2D eigenvalue weighted by molar-refractivity contribution is 7.07. The molecule has 1 heterocycles. The fourth-order valence-electron chi connectivity index (χ4n) is 3.16. The van der Waals surface area contributed by atoms with E-state index in [-0.39, 0.29) is 11.8 Å². The van der Waals surface area contributed by atoms with Crippen LogP contribution in [0.5, 0.6) is 5.75 Å². The Kier molecular flexibility index (Phi) is 10.2. The zero-order valence-corrected chi connectivity index (χ0v) is 21.1. The van der Waals surface area contributed by atoms with E-state index in [0.717, 1.165) is 11.3 Å².